The number of fused-ring (bicyclic) bond motifs is 1. The Bertz CT molecular complexity index is 1220. The molecule has 1 atom stereocenters. The molecular formula is C22H23F4N3O2S. The van der Waals surface area contributed by atoms with E-state index in [4.69, 9.17) is 0 Å². The largest absolute Gasteiger partial charge is 0.352 e. The van der Waals surface area contributed by atoms with Gasteiger partial charge in [0, 0.05) is 24.0 Å². The van der Waals surface area contributed by atoms with Crippen LogP contribution in [0.1, 0.15) is 31.2 Å². The van der Waals surface area contributed by atoms with Crippen molar-refractivity contribution in [2.45, 2.75) is 31.7 Å². The Balaban J connectivity index is 1.57. The summed E-state index contributed by atoms with van der Waals surface area (Å²) in [6.45, 7) is 0.777. The van der Waals surface area contributed by atoms with E-state index in [1.807, 2.05) is 0 Å². The van der Waals surface area contributed by atoms with Crippen molar-refractivity contribution in [1.82, 2.24) is 14.4 Å². The van der Waals surface area contributed by atoms with E-state index in [9.17, 15) is 26.0 Å². The number of aromatic nitrogens is 1. The summed E-state index contributed by atoms with van der Waals surface area (Å²) in [5.74, 6) is -1.86. The lowest BCUT2D eigenvalue weighted by Gasteiger charge is -2.36. The van der Waals surface area contributed by atoms with Gasteiger partial charge >= 0.3 is 0 Å². The lowest BCUT2D eigenvalue weighted by Crippen LogP contribution is -2.45. The van der Waals surface area contributed by atoms with Crippen molar-refractivity contribution < 1.29 is 26.0 Å². The van der Waals surface area contributed by atoms with Crippen LogP contribution in [0, 0.1) is 23.4 Å². The van der Waals surface area contributed by atoms with Crippen LogP contribution in [-0.2, 0) is 10.2 Å². The highest BCUT2D eigenvalue weighted by atomic mass is 32.2. The van der Waals surface area contributed by atoms with E-state index in [0.29, 0.717) is 29.5 Å². The van der Waals surface area contributed by atoms with E-state index in [0.717, 1.165) is 11.6 Å². The topological polar surface area (TPSA) is 74.0 Å². The molecule has 2 aromatic carbocycles. The smallest absolute Gasteiger partial charge is 0.277 e. The quantitative estimate of drug-likeness (QED) is 0.424. The number of alkyl halides is 1. The minimum atomic E-state index is -3.82. The summed E-state index contributed by atoms with van der Waals surface area (Å²) in [4.78, 5) is 3.02. The first-order valence-corrected chi connectivity index (χ1v) is 11.7. The molecule has 4 rings (SSSR count). The predicted molar refractivity (Wildman–Crippen MR) is 115 cm³/mol. The number of rotatable bonds is 8. The van der Waals surface area contributed by atoms with Crippen LogP contribution in [-0.4, -0.2) is 32.7 Å². The van der Waals surface area contributed by atoms with Crippen molar-refractivity contribution in [3.05, 3.63) is 59.4 Å². The summed E-state index contributed by atoms with van der Waals surface area (Å²) >= 11 is 0. The molecule has 1 heterocycles. The average Bonchev–Trinajstić information content (AvgIpc) is 3.06. The molecule has 0 aliphatic heterocycles. The molecule has 10 heteroatoms. The number of hydrogen-bond donors (Lipinski definition) is 3. The second-order valence-corrected chi connectivity index (χ2v) is 9.82. The maximum atomic E-state index is 14.4. The van der Waals surface area contributed by atoms with Crippen molar-refractivity contribution in [2.24, 2.45) is 5.92 Å². The Morgan fingerprint density at radius 3 is 2.44 bits per heavy atom. The Morgan fingerprint density at radius 1 is 1.09 bits per heavy atom. The Morgan fingerprint density at radius 2 is 1.78 bits per heavy atom. The number of aromatic amines is 1. The third kappa shape index (κ3) is 4.67. The van der Waals surface area contributed by atoms with Gasteiger partial charge in [0.15, 0.2) is 0 Å². The van der Waals surface area contributed by atoms with Crippen molar-refractivity contribution in [3.63, 3.8) is 0 Å². The van der Waals surface area contributed by atoms with Crippen LogP contribution in [0.25, 0.3) is 22.2 Å². The van der Waals surface area contributed by atoms with Gasteiger partial charge in [0.1, 0.15) is 24.1 Å². The molecule has 1 fully saturated rings. The third-order valence-corrected chi connectivity index (χ3v) is 7.05. The second kappa shape index (κ2) is 8.84. The van der Waals surface area contributed by atoms with Crippen molar-refractivity contribution in [3.8, 4) is 11.3 Å². The van der Waals surface area contributed by atoms with Gasteiger partial charge in [0.05, 0.1) is 11.2 Å². The Hall–Kier alpha value is -2.43. The monoisotopic (exact) mass is 469 g/mol. The molecule has 0 saturated heterocycles. The normalized spacial score (nSPS) is 19.8. The van der Waals surface area contributed by atoms with E-state index in [1.165, 1.54) is 25.1 Å². The van der Waals surface area contributed by atoms with Crippen LogP contribution < -0.4 is 9.44 Å². The van der Waals surface area contributed by atoms with E-state index >= 15 is 0 Å². The molecule has 1 aliphatic carbocycles. The Labute approximate surface area is 183 Å². The maximum absolute atomic E-state index is 14.4. The number of hydrogen-bond acceptors (Lipinski definition) is 2. The summed E-state index contributed by atoms with van der Waals surface area (Å²) in [5, 5.41) is 0.421. The summed E-state index contributed by atoms with van der Waals surface area (Å²) < 4.78 is 82.9. The highest BCUT2D eigenvalue weighted by Crippen LogP contribution is 2.48. The number of halogens is 4. The van der Waals surface area contributed by atoms with E-state index in [1.54, 1.807) is 12.1 Å². The summed E-state index contributed by atoms with van der Waals surface area (Å²) in [7, 11) is -3.82. The summed E-state index contributed by atoms with van der Waals surface area (Å²) in [6, 6.07) is 6.99. The molecule has 1 aromatic heterocycles. The number of benzene rings is 2. The van der Waals surface area contributed by atoms with Gasteiger partial charge in [0.2, 0.25) is 0 Å². The lowest BCUT2D eigenvalue weighted by atomic mass is 9.70. The van der Waals surface area contributed by atoms with Gasteiger partial charge in [-0.25, -0.2) is 22.3 Å². The van der Waals surface area contributed by atoms with Crippen LogP contribution in [0.15, 0.2) is 36.4 Å². The van der Waals surface area contributed by atoms with E-state index in [2.05, 4.69) is 14.4 Å². The average molecular weight is 470 g/mol. The molecule has 3 aromatic rings. The third-order valence-electron chi connectivity index (χ3n) is 5.79. The minimum Gasteiger partial charge on any atom is -0.352 e. The lowest BCUT2D eigenvalue weighted by molar-refractivity contribution is 0.266. The minimum absolute atomic E-state index is 0.0154. The fraction of sp³-hybridized carbons (Fsp3) is 0.364. The first-order valence-electron chi connectivity index (χ1n) is 10.3. The molecule has 0 bridgehead atoms. The molecule has 32 heavy (non-hydrogen) atoms. The van der Waals surface area contributed by atoms with Gasteiger partial charge in [-0.1, -0.05) is 0 Å². The van der Waals surface area contributed by atoms with Crippen LogP contribution in [0.2, 0.25) is 0 Å². The molecule has 0 spiro atoms. The molecular weight excluding hydrogens is 446 g/mol. The van der Waals surface area contributed by atoms with Crippen molar-refractivity contribution in [2.75, 3.05) is 13.2 Å². The molecule has 5 nitrogen and oxygen atoms in total. The molecule has 1 unspecified atom stereocenters. The van der Waals surface area contributed by atoms with Crippen LogP contribution in [0.4, 0.5) is 17.6 Å². The number of nitrogens with one attached hydrogen (secondary N) is 3. The molecule has 3 N–H and O–H groups in total. The zero-order chi connectivity index (χ0) is 23.0. The zero-order valence-corrected chi connectivity index (χ0v) is 18.1. The summed E-state index contributed by atoms with van der Waals surface area (Å²) in [5.41, 5.74) is 2.14. The van der Waals surface area contributed by atoms with Gasteiger partial charge in [-0.05, 0) is 73.1 Å². The molecule has 1 saturated carbocycles. The fourth-order valence-electron chi connectivity index (χ4n) is 4.21. The number of H-pyrrole nitrogens is 1. The molecule has 0 radical (unpaired) electrons. The van der Waals surface area contributed by atoms with Gasteiger partial charge in [0.25, 0.3) is 10.2 Å². The van der Waals surface area contributed by atoms with Gasteiger partial charge in [-0.2, -0.15) is 13.1 Å². The van der Waals surface area contributed by atoms with Gasteiger partial charge < -0.3 is 4.98 Å². The standard InChI is InChI=1S/C22H23F4N3O2S/c1-12(10-23)29-32(30,31)27-11-13-6-15(7-13)20-18-8-17(25)9-19(26)22(18)28-21(20)14-2-4-16(24)5-3-14/h2-5,8-9,12-13,15,27-29H,6-7,10-11H2,1H3/t12?,13-,15-. The highest BCUT2D eigenvalue weighted by molar-refractivity contribution is 7.87. The molecule has 172 valence electrons. The summed E-state index contributed by atoms with van der Waals surface area (Å²) in [6.07, 6.45) is 1.20. The zero-order valence-electron chi connectivity index (χ0n) is 17.3. The molecule has 0 amide bonds. The highest BCUT2D eigenvalue weighted by Gasteiger charge is 2.35. The van der Waals surface area contributed by atoms with Crippen molar-refractivity contribution >= 4 is 21.1 Å². The maximum Gasteiger partial charge on any atom is 0.277 e. The fourth-order valence-corrected chi connectivity index (χ4v) is 5.34. The first kappa shape index (κ1) is 22.8. The molecule has 1 aliphatic rings. The van der Waals surface area contributed by atoms with Gasteiger partial charge in [-0.15, -0.1) is 0 Å². The van der Waals surface area contributed by atoms with E-state index < -0.39 is 40.4 Å². The van der Waals surface area contributed by atoms with E-state index in [-0.39, 0.29) is 23.9 Å². The van der Waals surface area contributed by atoms with Crippen LogP contribution in [0.5, 0.6) is 0 Å². The SMILES string of the molecule is CC(CF)NS(=O)(=O)NC[C@H]1C[C@H](c2c(-c3ccc(F)cc3)[nH]c3c(F)cc(F)cc32)C1. The van der Waals surface area contributed by atoms with Crippen LogP contribution >= 0.6 is 0 Å². The van der Waals surface area contributed by atoms with Crippen molar-refractivity contribution in [1.29, 1.82) is 0 Å². The van der Waals surface area contributed by atoms with Gasteiger partial charge in [-0.3, -0.25) is 0 Å². The Kier molecular flexibility index (Phi) is 6.28. The van der Waals surface area contributed by atoms with Crippen LogP contribution in [0.3, 0.4) is 0 Å². The second-order valence-electron chi connectivity index (χ2n) is 8.29. The first-order chi connectivity index (χ1) is 15.2. The predicted octanol–water partition coefficient (Wildman–Crippen LogP) is 4.53.